The van der Waals surface area contributed by atoms with Crippen molar-refractivity contribution >= 4 is 18.5 Å². The van der Waals surface area contributed by atoms with Crippen LogP contribution in [-0.4, -0.2) is 42.2 Å². The molecule has 0 saturated heterocycles. The van der Waals surface area contributed by atoms with Crippen molar-refractivity contribution in [2.24, 2.45) is 16.0 Å². The van der Waals surface area contributed by atoms with Crippen molar-refractivity contribution in [3.63, 3.8) is 0 Å². The number of carboxylic acid groups (broad SMARTS) is 1. The van der Waals surface area contributed by atoms with Crippen molar-refractivity contribution in [1.29, 1.82) is 0 Å². The van der Waals surface area contributed by atoms with Crippen LogP contribution >= 0.6 is 0 Å². The molecule has 5 nitrogen and oxygen atoms in total. The van der Waals surface area contributed by atoms with E-state index in [-0.39, 0.29) is 12.5 Å². The second-order valence-corrected chi connectivity index (χ2v) is 2.98. The number of hydrazone groups is 1. The molecule has 0 rings (SSSR count). The van der Waals surface area contributed by atoms with Gasteiger partial charge in [0.2, 0.25) is 0 Å². The molecule has 0 radical (unpaired) electrons. The summed E-state index contributed by atoms with van der Waals surface area (Å²) < 4.78 is 0. The average molecular weight is 199 g/mol. The molecular formula is C9H17N3O2. The van der Waals surface area contributed by atoms with Crippen molar-refractivity contribution < 1.29 is 9.90 Å². The number of carboxylic acids is 1. The third-order valence-corrected chi connectivity index (χ3v) is 2.00. The topological polar surface area (TPSA) is 65.3 Å². The zero-order chi connectivity index (χ0) is 11.1. The van der Waals surface area contributed by atoms with E-state index >= 15 is 0 Å². The summed E-state index contributed by atoms with van der Waals surface area (Å²) in [6.07, 6.45) is 0.887. The van der Waals surface area contributed by atoms with Gasteiger partial charge in [-0.05, 0) is 6.42 Å². The molecule has 14 heavy (non-hydrogen) atoms. The second-order valence-electron chi connectivity index (χ2n) is 2.98. The summed E-state index contributed by atoms with van der Waals surface area (Å²) in [6, 6.07) is 0. The van der Waals surface area contributed by atoms with Gasteiger partial charge >= 0.3 is 5.97 Å². The highest BCUT2D eigenvalue weighted by atomic mass is 16.4. The van der Waals surface area contributed by atoms with Crippen LogP contribution in [0, 0.1) is 5.92 Å². The first-order valence-electron chi connectivity index (χ1n) is 4.49. The zero-order valence-corrected chi connectivity index (χ0v) is 8.90. The maximum Gasteiger partial charge on any atom is 0.325 e. The third-order valence-electron chi connectivity index (χ3n) is 2.00. The van der Waals surface area contributed by atoms with Gasteiger partial charge in [-0.2, -0.15) is 5.10 Å². The molecule has 0 aromatic carbocycles. The van der Waals surface area contributed by atoms with E-state index in [1.54, 1.807) is 7.05 Å². The maximum atomic E-state index is 10.5. The van der Waals surface area contributed by atoms with E-state index < -0.39 is 5.97 Å². The summed E-state index contributed by atoms with van der Waals surface area (Å²) in [4.78, 5) is 14.5. The van der Waals surface area contributed by atoms with E-state index in [4.69, 9.17) is 5.11 Å². The lowest BCUT2D eigenvalue weighted by molar-refractivity contribution is -0.137. The van der Waals surface area contributed by atoms with Gasteiger partial charge in [-0.25, -0.2) is 5.01 Å². The number of hydrogen-bond acceptors (Lipinski definition) is 3. The number of aliphatic carboxylic acids is 1. The minimum absolute atomic E-state index is 0.185. The Hall–Kier alpha value is -1.39. The minimum Gasteiger partial charge on any atom is -0.480 e. The van der Waals surface area contributed by atoms with Crippen LogP contribution in [0.2, 0.25) is 0 Å². The molecule has 0 bridgehead atoms. The molecule has 1 N–H and O–H groups in total. The van der Waals surface area contributed by atoms with Gasteiger partial charge in [0.25, 0.3) is 0 Å². The monoisotopic (exact) mass is 199 g/mol. The summed E-state index contributed by atoms with van der Waals surface area (Å²) in [6.45, 7) is 7.12. The van der Waals surface area contributed by atoms with Gasteiger partial charge in [-0.15, -0.1) is 0 Å². The van der Waals surface area contributed by atoms with Crippen molar-refractivity contribution in [2.75, 3.05) is 13.6 Å². The first kappa shape index (κ1) is 12.6. The normalized spacial score (nSPS) is 13.5. The third kappa shape index (κ3) is 3.55. The van der Waals surface area contributed by atoms with Crippen LogP contribution in [0.3, 0.4) is 0 Å². The average Bonchev–Trinajstić information content (AvgIpc) is 2.16. The maximum absolute atomic E-state index is 10.5. The van der Waals surface area contributed by atoms with Crippen LogP contribution in [0.1, 0.15) is 20.3 Å². The Morgan fingerprint density at radius 2 is 2.21 bits per heavy atom. The standard InChI is InChI=1S/C9H17N3O2/c1-5-7(2)9(10-3)12(11-4)6-8(13)14/h7H,4-6H2,1-3H3,(H,13,14). The summed E-state index contributed by atoms with van der Waals surface area (Å²) in [5.41, 5.74) is 0. The first-order chi connectivity index (χ1) is 6.56. The van der Waals surface area contributed by atoms with Crippen molar-refractivity contribution in [3.05, 3.63) is 0 Å². The molecule has 80 valence electrons. The van der Waals surface area contributed by atoms with E-state index in [2.05, 4.69) is 16.8 Å². The first-order valence-corrected chi connectivity index (χ1v) is 4.49. The summed E-state index contributed by atoms with van der Waals surface area (Å²) in [5, 5.41) is 13.6. The molecule has 0 amide bonds. The van der Waals surface area contributed by atoms with Crippen molar-refractivity contribution in [2.45, 2.75) is 20.3 Å². The predicted octanol–water partition coefficient (Wildman–Crippen LogP) is 1.06. The highest BCUT2D eigenvalue weighted by Gasteiger charge is 2.17. The van der Waals surface area contributed by atoms with Crippen LogP contribution in [-0.2, 0) is 4.79 Å². The van der Waals surface area contributed by atoms with Gasteiger partial charge < -0.3 is 5.11 Å². The molecule has 0 aromatic heterocycles. The summed E-state index contributed by atoms with van der Waals surface area (Å²) in [7, 11) is 1.63. The lowest BCUT2D eigenvalue weighted by Gasteiger charge is -2.22. The summed E-state index contributed by atoms with van der Waals surface area (Å²) >= 11 is 0. The molecular weight excluding hydrogens is 182 g/mol. The minimum atomic E-state index is -0.943. The van der Waals surface area contributed by atoms with Gasteiger partial charge in [0.1, 0.15) is 12.4 Å². The van der Waals surface area contributed by atoms with Crippen LogP contribution < -0.4 is 0 Å². The Bertz CT molecular complexity index is 238. The van der Waals surface area contributed by atoms with Crippen LogP contribution in [0.4, 0.5) is 0 Å². The van der Waals surface area contributed by atoms with Crippen LogP contribution in [0.5, 0.6) is 0 Å². The Morgan fingerprint density at radius 3 is 2.50 bits per heavy atom. The fourth-order valence-electron chi connectivity index (χ4n) is 1.10. The fourth-order valence-corrected chi connectivity index (χ4v) is 1.10. The molecule has 0 heterocycles. The largest absolute Gasteiger partial charge is 0.480 e. The zero-order valence-electron chi connectivity index (χ0n) is 8.90. The van der Waals surface area contributed by atoms with E-state index in [1.165, 1.54) is 5.01 Å². The van der Waals surface area contributed by atoms with Crippen molar-refractivity contribution in [1.82, 2.24) is 5.01 Å². The number of carbonyl (C=O) groups is 1. The van der Waals surface area contributed by atoms with Gasteiger partial charge in [0.15, 0.2) is 0 Å². The number of rotatable bonds is 5. The predicted molar refractivity (Wildman–Crippen MR) is 56.7 cm³/mol. The Balaban J connectivity index is 4.62. The van der Waals surface area contributed by atoms with E-state index in [0.29, 0.717) is 5.84 Å². The number of aliphatic imine (C=N–C) groups is 1. The molecule has 0 aliphatic carbocycles. The van der Waals surface area contributed by atoms with Crippen LogP contribution in [0.25, 0.3) is 0 Å². The Morgan fingerprint density at radius 1 is 1.64 bits per heavy atom. The second kappa shape index (κ2) is 6.12. The molecule has 0 spiro atoms. The van der Waals surface area contributed by atoms with Gasteiger partial charge in [0, 0.05) is 19.7 Å². The van der Waals surface area contributed by atoms with Gasteiger partial charge in [-0.3, -0.25) is 9.79 Å². The van der Waals surface area contributed by atoms with E-state index in [9.17, 15) is 4.79 Å². The molecule has 0 aliphatic rings. The van der Waals surface area contributed by atoms with E-state index in [0.717, 1.165) is 6.42 Å². The molecule has 1 unspecified atom stereocenters. The van der Waals surface area contributed by atoms with Gasteiger partial charge in [0.05, 0.1) is 0 Å². The molecule has 1 atom stereocenters. The van der Waals surface area contributed by atoms with Gasteiger partial charge in [-0.1, -0.05) is 13.8 Å². The highest BCUT2D eigenvalue weighted by molar-refractivity contribution is 5.87. The molecule has 0 saturated carbocycles. The highest BCUT2D eigenvalue weighted by Crippen LogP contribution is 2.08. The van der Waals surface area contributed by atoms with E-state index in [1.807, 2.05) is 13.8 Å². The Labute approximate surface area is 84.1 Å². The lowest BCUT2D eigenvalue weighted by Crippen LogP contribution is -2.34. The summed E-state index contributed by atoms with van der Waals surface area (Å²) in [5.74, 6) is -0.100. The van der Waals surface area contributed by atoms with Crippen molar-refractivity contribution in [3.8, 4) is 0 Å². The number of nitrogens with zero attached hydrogens (tertiary/aromatic N) is 3. The molecule has 0 aliphatic heterocycles. The molecule has 5 heteroatoms. The SMILES string of the molecule is C=NN(CC(=O)O)C(=NC)C(C)CC. The molecule has 0 fully saturated rings. The van der Waals surface area contributed by atoms with Crippen LogP contribution in [0.15, 0.2) is 10.1 Å². The lowest BCUT2D eigenvalue weighted by atomic mass is 10.1. The number of hydrogen-bond donors (Lipinski definition) is 1. The Kier molecular flexibility index (Phi) is 5.52. The number of amidine groups is 1. The smallest absolute Gasteiger partial charge is 0.325 e. The fraction of sp³-hybridized carbons (Fsp3) is 0.667. The quantitative estimate of drug-likeness (QED) is 0.409. The molecule has 0 aromatic rings.